The number of aromatic nitrogens is 3. The van der Waals surface area contributed by atoms with Gasteiger partial charge < -0.3 is 24.5 Å². The molecule has 0 spiro atoms. The first-order valence-electron chi connectivity index (χ1n) is 14.5. The Morgan fingerprint density at radius 3 is 2.57 bits per heavy atom. The number of benzene rings is 2. The molecule has 4 aromatic rings. The van der Waals surface area contributed by atoms with Gasteiger partial charge in [0.15, 0.2) is 11.4 Å². The van der Waals surface area contributed by atoms with Gasteiger partial charge in [0.1, 0.15) is 35.4 Å². The number of nitrogens with zero attached hydrogens (tertiary/aromatic N) is 5. The molecule has 15 heteroatoms. The van der Waals surface area contributed by atoms with E-state index in [1.165, 1.54) is 14.5 Å². The second-order valence-electron chi connectivity index (χ2n) is 11.3. The van der Waals surface area contributed by atoms with Crippen molar-refractivity contribution in [1.82, 2.24) is 29.4 Å². The minimum absolute atomic E-state index is 0.0141. The van der Waals surface area contributed by atoms with Gasteiger partial charge in [0.2, 0.25) is 11.3 Å². The Kier molecular flexibility index (Phi) is 8.02. The van der Waals surface area contributed by atoms with Gasteiger partial charge in [-0.2, -0.15) is 0 Å². The van der Waals surface area contributed by atoms with Crippen LogP contribution >= 0.6 is 0 Å². The first-order chi connectivity index (χ1) is 21.9. The highest BCUT2D eigenvalue weighted by molar-refractivity contribution is 5.99. The molecule has 6 rings (SSSR count). The Hall–Kier alpha value is -5.18. The number of aryl methyl sites for hydroxylation is 1. The number of para-hydroxylation sites is 2. The molecule has 240 valence electrons. The summed E-state index contributed by atoms with van der Waals surface area (Å²) in [6, 6.07) is 7.13. The number of pyridine rings is 1. The number of carbonyl (C=O) groups excluding carboxylic acids is 3. The molecule has 2 bridgehead atoms. The molecule has 2 aliphatic rings. The Morgan fingerprint density at radius 1 is 1.13 bits per heavy atom. The Balaban J connectivity index is 1.32. The number of hydrogen-bond acceptors (Lipinski definition) is 7. The number of fused-ring (bicyclic) bond motifs is 5. The van der Waals surface area contributed by atoms with Gasteiger partial charge in [0, 0.05) is 50.1 Å². The highest BCUT2D eigenvalue weighted by atomic mass is 19.1. The van der Waals surface area contributed by atoms with Crippen LogP contribution in [0.15, 0.2) is 47.4 Å². The van der Waals surface area contributed by atoms with Crippen molar-refractivity contribution in [3.05, 3.63) is 92.9 Å². The lowest BCUT2D eigenvalue weighted by atomic mass is 10.0. The highest BCUT2D eigenvalue weighted by Crippen LogP contribution is 2.32. The molecule has 0 unspecified atom stereocenters. The number of carbonyl (C=O) groups is 3. The maximum absolute atomic E-state index is 14.1. The molecule has 12 nitrogen and oxygen atoms in total. The van der Waals surface area contributed by atoms with Crippen LogP contribution in [0, 0.1) is 17.5 Å². The zero-order chi connectivity index (χ0) is 32.9. The van der Waals surface area contributed by atoms with Crippen LogP contribution in [0.1, 0.15) is 58.0 Å². The first kappa shape index (κ1) is 30.8. The number of hydroxylamine groups is 2. The summed E-state index contributed by atoms with van der Waals surface area (Å²) >= 11 is 0. The lowest BCUT2D eigenvalue weighted by molar-refractivity contribution is -0.194. The Labute approximate surface area is 259 Å². The highest BCUT2D eigenvalue weighted by Gasteiger charge is 2.39. The lowest BCUT2D eigenvalue weighted by Gasteiger charge is -2.41. The summed E-state index contributed by atoms with van der Waals surface area (Å²) in [5, 5.41) is 14.3. The van der Waals surface area contributed by atoms with Gasteiger partial charge in [-0.1, -0.05) is 12.1 Å². The predicted molar refractivity (Wildman–Crippen MR) is 156 cm³/mol. The fourth-order valence-electron chi connectivity index (χ4n) is 5.83. The van der Waals surface area contributed by atoms with Gasteiger partial charge in [0.25, 0.3) is 11.8 Å². The number of imidazole rings is 1. The van der Waals surface area contributed by atoms with Crippen molar-refractivity contribution >= 4 is 28.8 Å². The van der Waals surface area contributed by atoms with Crippen LogP contribution in [0.5, 0.6) is 5.75 Å². The molecule has 46 heavy (non-hydrogen) atoms. The van der Waals surface area contributed by atoms with Crippen molar-refractivity contribution in [2.45, 2.75) is 44.9 Å². The molecule has 4 heterocycles. The molecule has 0 radical (unpaired) electrons. The normalized spacial score (nSPS) is 18.5. The molecule has 1 fully saturated rings. The zero-order valence-corrected chi connectivity index (χ0v) is 24.8. The van der Waals surface area contributed by atoms with E-state index < -0.39 is 81.8 Å². The number of aromatic hydroxyl groups is 1. The Morgan fingerprint density at radius 2 is 1.85 bits per heavy atom. The van der Waals surface area contributed by atoms with E-state index in [4.69, 9.17) is 4.84 Å². The molecule has 2 N–H and O–H groups in total. The molecule has 1 saturated heterocycles. The summed E-state index contributed by atoms with van der Waals surface area (Å²) in [6.07, 6.45) is 1.12. The van der Waals surface area contributed by atoms with E-state index >= 15 is 0 Å². The summed E-state index contributed by atoms with van der Waals surface area (Å²) in [5.41, 5.74) is -1.24. The van der Waals surface area contributed by atoms with Gasteiger partial charge in [0.05, 0.1) is 30.1 Å². The summed E-state index contributed by atoms with van der Waals surface area (Å²) in [5.74, 6) is -6.33. The topological polar surface area (TPSA) is 139 Å². The molecular weight excluding hydrogens is 609 g/mol. The predicted octanol–water partition coefficient (Wildman–Crippen LogP) is 2.93. The van der Waals surface area contributed by atoms with E-state index in [1.54, 1.807) is 6.92 Å². The standard InChI is InChI=1S/C31H29F3N6O6/c1-16-7-8-46-40(15-25-36-23-5-3-4-6-24(23)37(25)2)26(41)11-18-13-38(16)31(45)27-29(43)28(42)20(14-39(18)27)30(44)35-12-19-21(33)9-17(32)10-22(19)34/h3-6,9-10,14,16,18,43H,7-8,11-13,15H2,1-2H3,(H,35,44)/t16-,18-/m0/s1. The van der Waals surface area contributed by atoms with Crippen LogP contribution in [-0.4, -0.2) is 66.1 Å². The SMILES string of the molecule is C[C@H]1CCON(Cc2nc3ccccc3n2C)C(=O)C[C@H]2CN1C(=O)c1c(O)c(=O)c(C(=O)NCc3c(F)cc(F)cc3F)cn12. The van der Waals surface area contributed by atoms with Crippen LogP contribution in [0.25, 0.3) is 11.0 Å². The molecular formula is C31H29F3N6O6. The number of rotatable bonds is 5. The molecule has 2 atom stereocenters. The third-order valence-corrected chi connectivity index (χ3v) is 8.42. The van der Waals surface area contributed by atoms with Gasteiger partial charge in [-0.15, -0.1) is 0 Å². The van der Waals surface area contributed by atoms with Crippen molar-refractivity contribution in [3.8, 4) is 5.75 Å². The monoisotopic (exact) mass is 638 g/mol. The summed E-state index contributed by atoms with van der Waals surface area (Å²) in [4.78, 5) is 65.4. The molecule has 2 aromatic carbocycles. The van der Waals surface area contributed by atoms with Crippen LogP contribution in [-0.2, 0) is 29.8 Å². The van der Waals surface area contributed by atoms with Crippen LogP contribution in [0.2, 0.25) is 0 Å². The average molecular weight is 639 g/mol. The van der Waals surface area contributed by atoms with E-state index in [0.717, 1.165) is 17.2 Å². The number of hydrogen-bond donors (Lipinski definition) is 2. The fourth-order valence-corrected chi connectivity index (χ4v) is 5.83. The number of nitrogens with one attached hydrogen (secondary N) is 1. The molecule has 3 amide bonds. The average Bonchev–Trinajstić information content (AvgIpc) is 3.32. The van der Waals surface area contributed by atoms with E-state index in [9.17, 15) is 37.5 Å². The van der Waals surface area contributed by atoms with Crippen molar-refractivity contribution in [2.24, 2.45) is 7.05 Å². The zero-order valence-electron chi connectivity index (χ0n) is 24.8. The lowest BCUT2D eigenvalue weighted by Crippen LogP contribution is -2.51. The van der Waals surface area contributed by atoms with Crippen LogP contribution < -0.4 is 10.7 Å². The van der Waals surface area contributed by atoms with Crippen molar-refractivity contribution in [3.63, 3.8) is 0 Å². The summed E-state index contributed by atoms with van der Waals surface area (Å²) in [7, 11) is 1.82. The van der Waals surface area contributed by atoms with Crippen LogP contribution in [0.4, 0.5) is 13.2 Å². The summed E-state index contributed by atoms with van der Waals surface area (Å²) in [6.45, 7) is 1.17. The van der Waals surface area contributed by atoms with Crippen LogP contribution in [0.3, 0.4) is 0 Å². The smallest absolute Gasteiger partial charge is 0.274 e. The molecule has 0 aliphatic carbocycles. The van der Waals surface area contributed by atoms with E-state index in [0.29, 0.717) is 24.4 Å². The minimum Gasteiger partial charge on any atom is -0.503 e. The van der Waals surface area contributed by atoms with Gasteiger partial charge >= 0.3 is 0 Å². The van der Waals surface area contributed by atoms with E-state index in [2.05, 4.69) is 10.3 Å². The largest absolute Gasteiger partial charge is 0.503 e. The first-order valence-corrected chi connectivity index (χ1v) is 14.5. The fraction of sp³-hybridized carbons (Fsp3) is 0.323. The maximum atomic E-state index is 14.1. The third kappa shape index (κ3) is 5.46. The second kappa shape index (κ2) is 12.0. The number of amides is 3. The summed E-state index contributed by atoms with van der Waals surface area (Å²) < 4.78 is 44.6. The van der Waals surface area contributed by atoms with Crippen molar-refractivity contribution < 1.29 is 37.5 Å². The number of halogens is 3. The van der Waals surface area contributed by atoms with Gasteiger partial charge in [-0.25, -0.2) is 23.2 Å². The van der Waals surface area contributed by atoms with Crippen molar-refractivity contribution in [2.75, 3.05) is 13.2 Å². The Bertz CT molecular complexity index is 1940. The quantitative estimate of drug-likeness (QED) is 0.343. The van der Waals surface area contributed by atoms with E-state index in [1.807, 2.05) is 35.9 Å². The molecule has 2 aromatic heterocycles. The second-order valence-corrected chi connectivity index (χ2v) is 11.3. The molecule has 0 saturated carbocycles. The third-order valence-electron chi connectivity index (χ3n) is 8.42. The maximum Gasteiger partial charge on any atom is 0.274 e. The van der Waals surface area contributed by atoms with Crippen molar-refractivity contribution in [1.29, 1.82) is 0 Å². The van der Waals surface area contributed by atoms with E-state index in [-0.39, 0.29) is 26.1 Å². The van der Waals surface area contributed by atoms with Gasteiger partial charge in [-0.05, 0) is 25.5 Å². The van der Waals surface area contributed by atoms with Gasteiger partial charge in [-0.3, -0.25) is 24.0 Å². The molecule has 2 aliphatic heterocycles. The minimum atomic E-state index is -1.24.